The number of carbonyl (C=O) groups is 1. The van der Waals surface area contributed by atoms with Gasteiger partial charge in [-0.05, 0) is 24.3 Å². The largest absolute Gasteiger partial charge is 0.497 e. The van der Waals surface area contributed by atoms with E-state index in [9.17, 15) is 4.79 Å². The fraction of sp³-hybridized carbons (Fsp3) is 0.375. The minimum atomic E-state index is -0.0426. The summed E-state index contributed by atoms with van der Waals surface area (Å²) >= 11 is 0. The third-order valence-electron chi connectivity index (χ3n) is 3.67. The van der Waals surface area contributed by atoms with Gasteiger partial charge in [0.05, 0.1) is 25.5 Å². The lowest BCUT2D eigenvalue weighted by Crippen LogP contribution is -2.37. The van der Waals surface area contributed by atoms with E-state index in [1.165, 1.54) is 6.92 Å². The summed E-state index contributed by atoms with van der Waals surface area (Å²) in [5, 5.41) is 2.79. The van der Waals surface area contributed by atoms with Crippen LogP contribution in [0.3, 0.4) is 0 Å². The smallest absolute Gasteiger partial charge is 0.216 e. The molecular formula is C16H19N3O3. The number of ether oxygens (including phenoxy) is 2. The van der Waals surface area contributed by atoms with E-state index < -0.39 is 0 Å². The summed E-state index contributed by atoms with van der Waals surface area (Å²) in [6.45, 7) is 3.18. The Morgan fingerprint density at radius 3 is 2.91 bits per heavy atom. The van der Waals surface area contributed by atoms with Crippen LogP contribution in [-0.2, 0) is 22.7 Å². The molecule has 1 aliphatic rings. The van der Waals surface area contributed by atoms with Gasteiger partial charge in [-0.2, -0.15) is 0 Å². The molecule has 0 aliphatic carbocycles. The van der Waals surface area contributed by atoms with E-state index in [1.54, 1.807) is 7.11 Å². The van der Waals surface area contributed by atoms with E-state index in [-0.39, 0.29) is 12.0 Å². The van der Waals surface area contributed by atoms with Gasteiger partial charge in [0, 0.05) is 25.2 Å². The highest BCUT2D eigenvalue weighted by Crippen LogP contribution is 2.24. The topological polar surface area (TPSA) is 65.4 Å². The van der Waals surface area contributed by atoms with Crippen LogP contribution in [0.2, 0.25) is 0 Å². The lowest BCUT2D eigenvalue weighted by atomic mass is 10.2. The molecule has 6 heteroatoms. The van der Waals surface area contributed by atoms with Crippen molar-refractivity contribution in [3.05, 3.63) is 36.3 Å². The molecule has 1 aromatic heterocycles. The molecule has 1 aromatic carbocycles. The van der Waals surface area contributed by atoms with Crippen molar-refractivity contribution in [2.24, 2.45) is 0 Å². The second-order valence-corrected chi connectivity index (χ2v) is 5.29. The maximum absolute atomic E-state index is 11.0. The van der Waals surface area contributed by atoms with Gasteiger partial charge in [0.2, 0.25) is 5.91 Å². The number of imidazole rings is 1. The number of hydrogen-bond donors (Lipinski definition) is 1. The third-order valence-corrected chi connectivity index (χ3v) is 3.67. The second kappa shape index (κ2) is 6.19. The first-order valence-corrected chi connectivity index (χ1v) is 7.22. The normalized spacial score (nSPS) is 16.9. The molecule has 0 bridgehead atoms. The second-order valence-electron chi connectivity index (χ2n) is 5.29. The van der Waals surface area contributed by atoms with Crippen LogP contribution in [0.15, 0.2) is 30.5 Å². The van der Waals surface area contributed by atoms with E-state index in [4.69, 9.17) is 9.47 Å². The summed E-state index contributed by atoms with van der Waals surface area (Å²) < 4.78 is 13.0. The number of benzene rings is 1. The Balaban J connectivity index is 1.73. The predicted molar refractivity (Wildman–Crippen MR) is 81.5 cm³/mol. The van der Waals surface area contributed by atoms with Crippen molar-refractivity contribution < 1.29 is 14.3 Å². The summed E-state index contributed by atoms with van der Waals surface area (Å²) in [4.78, 5) is 15.6. The van der Waals surface area contributed by atoms with Crippen molar-refractivity contribution in [1.29, 1.82) is 0 Å². The van der Waals surface area contributed by atoms with E-state index in [0.717, 1.165) is 22.8 Å². The molecule has 0 saturated heterocycles. The molecule has 22 heavy (non-hydrogen) atoms. The Morgan fingerprint density at radius 2 is 2.23 bits per heavy atom. The standard InChI is InChI=1S/C16H19N3O3/c1-11(20)17-7-14-8-19-9-15(18-16(19)10-22-14)12-3-5-13(21-2)6-4-12/h3-6,9,14H,7-8,10H2,1-2H3,(H,17,20). The van der Waals surface area contributed by atoms with Crippen molar-refractivity contribution in [3.8, 4) is 17.0 Å². The van der Waals surface area contributed by atoms with Crippen LogP contribution in [0.25, 0.3) is 11.3 Å². The number of rotatable bonds is 4. The Hall–Kier alpha value is -2.34. The minimum Gasteiger partial charge on any atom is -0.497 e. The monoisotopic (exact) mass is 301 g/mol. The van der Waals surface area contributed by atoms with Crippen molar-refractivity contribution in [2.75, 3.05) is 13.7 Å². The summed E-state index contributed by atoms with van der Waals surface area (Å²) in [6.07, 6.45) is 2.01. The molecule has 1 amide bonds. The van der Waals surface area contributed by atoms with Gasteiger partial charge in [-0.15, -0.1) is 0 Å². The van der Waals surface area contributed by atoms with E-state index in [0.29, 0.717) is 19.7 Å². The zero-order chi connectivity index (χ0) is 15.5. The molecular weight excluding hydrogens is 282 g/mol. The van der Waals surface area contributed by atoms with E-state index in [1.807, 2.05) is 30.5 Å². The van der Waals surface area contributed by atoms with Crippen LogP contribution in [0, 0.1) is 0 Å². The van der Waals surface area contributed by atoms with Crippen LogP contribution in [0.1, 0.15) is 12.7 Å². The Morgan fingerprint density at radius 1 is 1.45 bits per heavy atom. The van der Waals surface area contributed by atoms with Gasteiger partial charge in [-0.25, -0.2) is 4.98 Å². The molecule has 0 radical (unpaired) electrons. The number of nitrogens with one attached hydrogen (secondary N) is 1. The molecule has 1 N–H and O–H groups in total. The Kier molecular flexibility index (Phi) is 4.11. The molecule has 2 heterocycles. The highest BCUT2D eigenvalue weighted by Gasteiger charge is 2.21. The van der Waals surface area contributed by atoms with Gasteiger partial charge >= 0.3 is 0 Å². The SMILES string of the molecule is COc1ccc(-c2cn3c(n2)COC(CNC(C)=O)C3)cc1. The molecule has 6 nitrogen and oxygen atoms in total. The molecule has 2 aromatic rings. The van der Waals surface area contributed by atoms with Gasteiger partial charge in [0.25, 0.3) is 0 Å². The Labute approximate surface area is 129 Å². The van der Waals surface area contributed by atoms with Gasteiger partial charge in [-0.3, -0.25) is 4.79 Å². The lowest BCUT2D eigenvalue weighted by Gasteiger charge is -2.24. The van der Waals surface area contributed by atoms with Crippen LogP contribution in [0.4, 0.5) is 0 Å². The quantitative estimate of drug-likeness (QED) is 0.931. The number of fused-ring (bicyclic) bond motifs is 1. The fourth-order valence-corrected chi connectivity index (χ4v) is 2.47. The highest BCUT2D eigenvalue weighted by molar-refractivity contribution is 5.72. The first kappa shape index (κ1) is 14.6. The fourth-order valence-electron chi connectivity index (χ4n) is 2.47. The predicted octanol–water partition coefficient (Wildman–Crippen LogP) is 1.59. The molecule has 1 atom stereocenters. The maximum Gasteiger partial charge on any atom is 0.216 e. The van der Waals surface area contributed by atoms with Crippen LogP contribution in [-0.4, -0.2) is 35.2 Å². The average molecular weight is 301 g/mol. The molecule has 1 aliphatic heterocycles. The first-order valence-electron chi connectivity index (χ1n) is 7.22. The number of amides is 1. The van der Waals surface area contributed by atoms with Crippen LogP contribution in [0.5, 0.6) is 5.75 Å². The molecule has 1 unspecified atom stereocenters. The number of aromatic nitrogens is 2. The van der Waals surface area contributed by atoms with E-state index in [2.05, 4.69) is 14.9 Å². The zero-order valence-electron chi connectivity index (χ0n) is 12.7. The van der Waals surface area contributed by atoms with Crippen LogP contribution >= 0.6 is 0 Å². The van der Waals surface area contributed by atoms with Gasteiger partial charge in [0.15, 0.2) is 0 Å². The summed E-state index contributed by atoms with van der Waals surface area (Å²) in [7, 11) is 1.65. The summed E-state index contributed by atoms with van der Waals surface area (Å²) in [6, 6.07) is 7.82. The highest BCUT2D eigenvalue weighted by atomic mass is 16.5. The maximum atomic E-state index is 11.0. The Bertz CT molecular complexity index is 664. The van der Waals surface area contributed by atoms with Gasteiger partial charge in [-0.1, -0.05) is 0 Å². The van der Waals surface area contributed by atoms with E-state index >= 15 is 0 Å². The molecule has 0 spiro atoms. The zero-order valence-corrected chi connectivity index (χ0v) is 12.7. The lowest BCUT2D eigenvalue weighted by molar-refractivity contribution is -0.120. The molecule has 0 fully saturated rings. The number of nitrogens with zero attached hydrogens (tertiary/aromatic N) is 2. The summed E-state index contributed by atoms with van der Waals surface area (Å²) in [5.74, 6) is 1.69. The molecule has 116 valence electrons. The molecule has 3 rings (SSSR count). The van der Waals surface area contributed by atoms with Crippen molar-refractivity contribution >= 4 is 5.91 Å². The van der Waals surface area contributed by atoms with Crippen molar-refractivity contribution in [2.45, 2.75) is 26.2 Å². The third kappa shape index (κ3) is 3.12. The van der Waals surface area contributed by atoms with Crippen LogP contribution < -0.4 is 10.1 Å². The average Bonchev–Trinajstić information content (AvgIpc) is 2.96. The minimum absolute atomic E-state index is 0.0192. The number of carbonyl (C=O) groups excluding carboxylic acids is 1. The molecule has 0 saturated carbocycles. The summed E-state index contributed by atoms with van der Waals surface area (Å²) in [5.41, 5.74) is 1.96. The van der Waals surface area contributed by atoms with Gasteiger partial charge in [0.1, 0.15) is 18.2 Å². The first-order chi connectivity index (χ1) is 10.7. The number of methoxy groups -OCH3 is 1. The van der Waals surface area contributed by atoms with Gasteiger partial charge < -0.3 is 19.4 Å². The number of hydrogen-bond acceptors (Lipinski definition) is 4. The van der Waals surface area contributed by atoms with Crippen molar-refractivity contribution in [3.63, 3.8) is 0 Å². The van der Waals surface area contributed by atoms with Crippen molar-refractivity contribution in [1.82, 2.24) is 14.9 Å².